The molecule has 1 aliphatic rings. The van der Waals surface area contributed by atoms with Crippen molar-refractivity contribution >= 4 is 102 Å². The standard InChI is InChI=1S/C14H11ClO.C14H13ClO.C13H13Cl.CH4.S3/c15-11-5-4-10-6-9-2-1-3-12(9)14(8-16)13(10)7-11;15-14-10-8-13(9-11-14)7-5-3-1-2-4-6-12-16;1-2-3-4-5-6-7-12-8-10-13(14)11-9-12;;1-3-2/h4-8H,1-3H2;5,7-12H,1-3H2;1,6-11H,3-5H2;1H4;/b;7-5+;7-6+;;. The number of unbranched alkanes of at least 4 members (excludes halogenated alkanes) is 4. The van der Waals surface area contributed by atoms with E-state index in [4.69, 9.17) is 41.2 Å². The van der Waals surface area contributed by atoms with E-state index in [1.165, 1.54) is 16.7 Å². The summed E-state index contributed by atoms with van der Waals surface area (Å²) in [7, 11) is 0.917. The number of fused-ring (bicyclic) bond motifs is 2. The Labute approximate surface area is 326 Å². The molecular formula is C42H41Cl3O2S3. The van der Waals surface area contributed by atoms with Gasteiger partial charge in [-0.05, 0) is 120 Å². The van der Waals surface area contributed by atoms with E-state index in [9.17, 15) is 9.59 Å². The second-order valence-corrected chi connectivity index (χ2v) is 13.7. The molecule has 0 bridgehead atoms. The van der Waals surface area contributed by atoms with Crippen LogP contribution in [0.4, 0.5) is 0 Å². The Hall–Kier alpha value is -3.39. The first-order chi connectivity index (χ1) is 23.9. The number of benzene rings is 4. The Bertz CT molecular complexity index is 1840. The number of hydrogen-bond donors (Lipinski definition) is 0. The summed E-state index contributed by atoms with van der Waals surface area (Å²) < 4.78 is 0. The third-order valence-corrected chi connectivity index (χ3v) is 7.96. The Kier molecular flexibility index (Phi) is 24.4. The van der Waals surface area contributed by atoms with E-state index in [1.54, 1.807) is 0 Å². The summed E-state index contributed by atoms with van der Waals surface area (Å²) >= 11 is 25.8. The number of aryl methyl sites for hydroxylation is 1. The lowest BCUT2D eigenvalue weighted by atomic mass is 9.96. The Morgan fingerprint density at radius 1 is 0.760 bits per heavy atom. The summed E-state index contributed by atoms with van der Waals surface area (Å²) in [5, 5.41) is 4.32. The number of hydrogen-bond acceptors (Lipinski definition) is 4. The van der Waals surface area contributed by atoms with Crippen LogP contribution in [0.15, 0.2) is 84.9 Å². The molecule has 0 unspecified atom stereocenters. The van der Waals surface area contributed by atoms with E-state index in [2.05, 4.69) is 70.5 Å². The monoisotopic (exact) mass is 778 g/mol. The third kappa shape index (κ3) is 17.5. The van der Waals surface area contributed by atoms with Crippen LogP contribution < -0.4 is 0 Å². The largest absolute Gasteiger partial charge is 0.298 e. The molecule has 260 valence electrons. The molecule has 4 aromatic carbocycles. The third-order valence-electron chi connectivity index (χ3n) is 7.22. The van der Waals surface area contributed by atoms with Gasteiger partial charge in [-0.15, -0.1) is 12.3 Å². The molecule has 0 aliphatic heterocycles. The molecule has 4 aromatic rings. The number of halogens is 3. The lowest BCUT2D eigenvalue weighted by molar-refractivity contribution is -0.103. The summed E-state index contributed by atoms with van der Waals surface area (Å²) in [6.07, 6.45) is 24.1. The lowest BCUT2D eigenvalue weighted by Gasteiger charge is -2.08. The smallest absolute Gasteiger partial charge is 0.192 e. The first-order valence-electron chi connectivity index (χ1n) is 15.7. The van der Waals surface area contributed by atoms with Crippen molar-refractivity contribution in [3.63, 3.8) is 0 Å². The van der Waals surface area contributed by atoms with Gasteiger partial charge in [0.05, 0.1) is 0 Å². The van der Waals surface area contributed by atoms with E-state index < -0.39 is 0 Å². The molecular weight excluding hydrogens is 739 g/mol. The van der Waals surface area contributed by atoms with Gasteiger partial charge in [-0.3, -0.25) is 9.59 Å². The van der Waals surface area contributed by atoms with E-state index in [-0.39, 0.29) is 7.43 Å². The van der Waals surface area contributed by atoms with Gasteiger partial charge in [0.1, 0.15) is 0 Å². The summed E-state index contributed by atoms with van der Waals surface area (Å²) in [4.78, 5) is 21.2. The first-order valence-corrected chi connectivity index (χ1v) is 19.5. The average molecular weight is 780 g/mol. The topological polar surface area (TPSA) is 34.1 Å². The normalized spacial score (nSPS) is 10.8. The summed E-state index contributed by atoms with van der Waals surface area (Å²) in [6, 6.07) is 23.4. The van der Waals surface area contributed by atoms with Gasteiger partial charge in [-0.1, -0.05) is 109 Å². The molecule has 0 spiro atoms. The lowest BCUT2D eigenvalue weighted by Crippen LogP contribution is -1.93. The van der Waals surface area contributed by atoms with Gasteiger partial charge in [0.2, 0.25) is 0 Å². The number of rotatable bonds is 9. The molecule has 0 radical (unpaired) electrons. The highest BCUT2D eigenvalue weighted by Crippen LogP contribution is 2.32. The highest BCUT2D eigenvalue weighted by atomic mass is 35.5. The van der Waals surface area contributed by atoms with Gasteiger partial charge in [0.25, 0.3) is 0 Å². The molecule has 0 heterocycles. The predicted octanol–water partition coefficient (Wildman–Crippen LogP) is 12.3. The zero-order chi connectivity index (χ0) is 35.7. The highest BCUT2D eigenvalue weighted by Gasteiger charge is 2.17. The van der Waals surface area contributed by atoms with Crippen LogP contribution in [0.1, 0.15) is 85.0 Å². The van der Waals surface area contributed by atoms with Crippen LogP contribution in [0.25, 0.3) is 22.9 Å². The van der Waals surface area contributed by atoms with Gasteiger partial charge in [0, 0.05) is 64.7 Å². The summed E-state index contributed by atoms with van der Waals surface area (Å²) in [5.74, 6) is 7.79. The van der Waals surface area contributed by atoms with Crippen molar-refractivity contribution < 1.29 is 9.59 Å². The highest BCUT2D eigenvalue weighted by molar-refractivity contribution is 8.37. The fourth-order valence-corrected chi connectivity index (χ4v) is 5.36. The average Bonchev–Trinajstić information content (AvgIpc) is 3.58. The fourth-order valence-electron chi connectivity index (χ4n) is 4.94. The Morgan fingerprint density at radius 3 is 1.82 bits per heavy atom. The van der Waals surface area contributed by atoms with Crippen molar-refractivity contribution in [1.29, 1.82) is 0 Å². The molecule has 0 saturated carbocycles. The van der Waals surface area contributed by atoms with Gasteiger partial charge in [-0.2, -0.15) is 0 Å². The van der Waals surface area contributed by atoms with Crippen LogP contribution in [0.2, 0.25) is 15.1 Å². The molecule has 0 aromatic heterocycles. The van der Waals surface area contributed by atoms with Gasteiger partial charge in [-0.25, -0.2) is 0 Å². The van der Waals surface area contributed by atoms with Crippen LogP contribution >= 0.6 is 34.8 Å². The second-order valence-electron chi connectivity index (χ2n) is 10.7. The SMILES string of the molecule is C.C#CCCC/C=C/c1ccc(Cl)cc1.O=CC#CCCC/C=C/c1ccc(Cl)cc1.O=Cc1c2c(cc3ccc(Cl)cc13)CCC2.S=S=S. The maximum Gasteiger partial charge on any atom is 0.192 e. The van der Waals surface area contributed by atoms with Gasteiger partial charge < -0.3 is 0 Å². The molecule has 5 rings (SSSR count). The molecule has 8 heteroatoms. The Morgan fingerprint density at radius 2 is 1.30 bits per heavy atom. The predicted molar refractivity (Wildman–Crippen MR) is 227 cm³/mol. The number of carbonyl (C=O) groups is 2. The maximum atomic E-state index is 11.2. The fraction of sp³-hybridized carbons (Fsp3) is 0.238. The minimum atomic E-state index is 0. The van der Waals surface area contributed by atoms with Crippen LogP contribution in [-0.2, 0) is 48.9 Å². The van der Waals surface area contributed by atoms with Crippen LogP contribution in [-0.4, -0.2) is 12.6 Å². The van der Waals surface area contributed by atoms with E-state index in [1.807, 2.05) is 66.7 Å². The molecule has 2 nitrogen and oxygen atoms in total. The van der Waals surface area contributed by atoms with Gasteiger partial charge in [0.15, 0.2) is 12.6 Å². The maximum absolute atomic E-state index is 11.2. The molecule has 0 amide bonds. The molecule has 50 heavy (non-hydrogen) atoms. The number of terminal acetylenes is 1. The van der Waals surface area contributed by atoms with Crippen molar-refractivity contribution in [3.8, 4) is 24.2 Å². The summed E-state index contributed by atoms with van der Waals surface area (Å²) in [6.45, 7) is 0. The van der Waals surface area contributed by atoms with Gasteiger partial charge >= 0.3 is 0 Å². The second kappa shape index (κ2) is 27.3. The molecule has 0 fully saturated rings. The molecule has 1 aliphatic carbocycles. The van der Waals surface area contributed by atoms with Crippen molar-refractivity contribution in [2.75, 3.05) is 0 Å². The minimum Gasteiger partial charge on any atom is -0.298 e. The van der Waals surface area contributed by atoms with E-state index in [0.29, 0.717) is 11.3 Å². The van der Waals surface area contributed by atoms with Crippen molar-refractivity contribution in [1.82, 2.24) is 0 Å². The van der Waals surface area contributed by atoms with Crippen LogP contribution in [0, 0.1) is 24.2 Å². The first kappa shape index (κ1) is 44.6. The van der Waals surface area contributed by atoms with Crippen molar-refractivity contribution in [2.24, 2.45) is 0 Å². The zero-order valence-electron chi connectivity index (χ0n) is 27.0. The minimum absolute atomic E-state index is 0. The number of aldehydes is 2. The van der Waals surface area contributed by atoms with Crippen LogP contribution in [0.3, 0.4) is 0 Å². The van der Waals surface area contributed by atoms with Crippen LogP contribution in [0.5, 0.6) is 0 Å². The quantitative estimate of drug-likeness (QED) is 0.0962. The summed E-state index contributed by atoms with van der Waals surface area (Å²) in [5.41, 5.74) is 5.72. The number of carbonyl (C=O) groups excluding carboxylic acids is 2. The Balaban J connectivity index is 0.000000358. The zero-order valence-corrected chi connectivity index (χ0v) is 31.7. The molecule has 0 saturated heterocycles. The van der Waals surface area contributed by atoms with E-state index in [0.717, 1.165) is 105 Å². The molecule has 0 N–H and O–H groups in total. The van der Waals surface area contributed by atoms with Crippen molar-refractivity contribution in [2.45, 2.75) is 65.2 Å². The number of allylic oxidation sites excluding steroid dienone is 2. The van der Waals surface area contributed by atoms with E-state index >= 15 is 0 Å². The molecule has 0 atom stereocenters. The van der Waals surface area contributed by atoms with Crippen molar-refractivity contribution in [3.05, 3.63) is 128 Å².